The van der Waals surface area contributed by atoms with Gasteiger partial charge >= 0.3 is 5.69 Å². The third-order valence-electron chi connectivity index (χ3n) is 5.20. The number of benzene rings is 1. The first-order valence-electron chi connectivity index (χ1n) is 9.66. The van der Waals surface area contributed by atoms with Gasteiger partial charge in [-0.05, 0) is 50.6 Å². The standard InChI is InChI=1S/C20H24F2N4O3/c1-2-25-19(28)17(16(27)12-24-8-4-3-5-9-24)18(23)26(20(25)29)11-13-6-7-14(21)15(22)10-13/h6-7,10H,2-5,8-9,11-12,23H2,1H3. The van der Waals surface area contributed by atoms with Crippen molar-refractivity contribution in [3.63, 3.8) is 0 Å². The molecule has 2 N–H and O–H groups in total. The molecule has 0 spiro atoms. The Bertz CT molecular complexity index is 1040. The van der Waals surface area contributed by atoms with Crippen LogP contribution in [0.2, 0.25) is 0 Å². The molecule has 1 aromatic carbocycles. The fraction of sp³-hybridized carbons (Fsp3) is 0.450. The molecule has 1 aliphatic heterocycles. The van der Waals surface area contributed by atoms with E-state index in [1.165, 1.54) is 6.07 Å². The van der Waals surface area contributed by atoms with Crippen molar-refractivity contribution in [2.45, 2.75) is 39.3 Å². The molecule has 3 rings (SSSR count). The fourth-order valence-corrected chi connectivity index (χ4v) is 3.63. The topological polar surface area (TPSA) is 90.3 Å². The number of aromatic nitrogens is 2. The Hall–Kier alpha value is -2.81. The maximum Gasteiger partial charge on any atom is 0.332 e. The number of carbonyl (C=O) groups excluding carboxylic acids is 1. The molecule has 0 unspecified atom stereocenters. The number of likely N-dealkylation sites (tertiary alicyclic amines) is 1. The van der Waals surface area contributed by atoms with Crippen molar-refractivity contribution in [3.05, 3.63) is 61.8 Å². The SMILES string of the molecule is CCn1c(=O)c(C(=O)CN2CCCCC2)c(N)n(Cc2ccc(F)c(F)c2)c1=O. The molecule has 0 radical (unpaired) electrons. The Morgan fingerprint density at radius 2 is 1.76 bits per heavy atom. The zero-order valence-corrected chi connectivity index (χ0v) is 16.3. The molecule has 1 aromatic heterocycles. The maximum atomic E-state index is 13.6. The first-order chi connectivity index (χ1) is 13.8. The Labute approximate surface area is 166 Å². The van der Waals surface area contributed by atoms with Gasteiger partial charge in [-0.1, -0.05) is 12.5 Å². The number of carbonyl (C=O) groups is 1. The number of nitrogens with zero attached hydrogens (tertiary/aromatic N) is 3. The average molecular weight is 406 g/mol. The van der Waals surface area contributed by atoms with Crippen LogP contribution in [0.15, 0.2) is 27.8 Å². The number of Topliss-reactive ketones (excluding diaryl/α,β-unsaturated/α-hetero) is 1. The predicted octanol–water partition coefficient (Wildman–Crippen LogP) is 1.61. The first-order valence-corrected chi connectivity index (χ1v) is 9.66. The summed E-state index contributed by atoms with van der Waals surface area (Å²) in [5.74, 6) is -2.77. The summed E-state index contributed by atoms with van der Waals surface area (Å²) < 4.78 is 28.7. The smallest absolute Gasteiger partial charge is 0.332 e. The number of ketones is 1. The van der Waals surface area contributed by atoms with Crippen LogP contribution in [0.1, 0.15) is 42.1 Å². The number of halogens is 2. The number of nitrogens with two attached hydrogens (primary N) is 1. The van der Waals surface area contributed by atoms with Gasteiger partial charge < -0.3 is 5.73 Å². The van der Waals surface area contributed by atoms with E-state index in [2.05, 4.69) is 0 Å². The monoisotopic (exact) mass is 406 g/mol. The molecular weight excluding hydrogens is 382 g/mol. The van der Waals surface area contributed by atoms with E-state index in [1.807, 2.05) is 4.90 Å². The van der Waals surface area contributed by atoms with Crippen molar-refractivity contribution in [2.75, 3.05) is 25.4 Å². The van der Waals surface area contributed by atoms with Crippen LogP contribution >= 0.6 is 0 Å². The van der Waals surface area contributed by atoms with Crippen molar-refractivity contribution in [2.24, 2.45) is 0 Å². The molecule has 0 saturated carbocycles. The van der Waals surface area contributed by atoms with Crippen LogP contribution in [0.3, 0.4) is 0 Å². The van der Waals surface area contributed by atoms with E-state index >= 15 is 0 Å². The highest BCUT2D eigenvalue weighted by atomic mass is 19.2. The normalized spacial score (nSPS) is 14.9. The van der Waals surface area contributed by atoms with Crippen LogP contribution in [-0.2, 0) is 13.1 Å². The van der Waals surface area contributed by atoms with E-state index in [1.54, 1.807) is 6.92 Å². The van der Waals surface area contributed by atoms with Crippen LogP contribution in [0.5, 0.6) is 0 Å². The zero-order valence-electron chi connectivity index (χ0n) is 16.3. The largest absolute Gasteiger partial charge is 0.384 e. The van der Waals surface area contributed by atoms with Crippen LogP contribution < -0.4 is 17.0 Å². The number of hydrogen-bond acceptors (Lipinski definition) is 5. The van der Waals surface area contributed by atoms with E-state index in [-0.39, 0.29) is 36.6 Å². The summed E-state index contributed by atoms with van der Waals surface area (Å²) in [7, 11) is 0. The number of anilines is 1. The predicted molar refractivity (Wildman–Crippen MR) is 105 cm³/mol. The lowest BCUT2D eigenvalue weighted by Crippen LogP contribution is -2.45. The van der Waals surface area contributed by atoms with Gasteiger partial charge in [0.1, 0.15) is 11.4 Å². The van der Waals surface area contributed by atoms with Gasteiger partial charge in [-0.3, -0.25) is 23.6 Å². The summed E-state index contributed by atoms with van der Waals surface area (Å²) in [5, 5.41) is 0. The lowest BCUT2D eigenvalue weighted by molar-refractivity contribution is 0.0913. The summed E-state index contributed by atoms with van der Waals surface area (Å²) in [5.41, 5.74) is 4.70. The van der Waals surface area contributed by atoms with E-state index in [4.69, 9.17) is 5.73 Å². The van der Waals surface area contributed by atoms with Crippen molar-refractivity contribution in [1.82, 2.24) is 14.0 Å². The summed E-state index contributed by atoms with van der Waals surface area (Å²) in [6, 6.07) is 3.23. The second kappa shape index (κ2) is 8.69. The fourth-order valence-electron chi connectivity index (χ4n) is 3.63. The third kappa shape index (κ3) is 4.29. The number of piperidine rings is 1. The molecule has 156 valence electrons. The molecule has 0 bridgehead atoms. The minimum absolute atomic E-state index is 0.0481. The minimum Gasteiger partial charge on any atom is -0.384 e. The van der Waals surface area contributed by atoms with Crippen LogP contribution in [0.25, 0.3) is 0 Å². The lowest BCUT2D eigenvalue weighted by atomic mass is 10.1. The number of rotatable bonds is 6. The van der Waals surface area contributed by atoms with E-state index in [0.717, 1.165) is 53.6 Å². The average Bonchev–Trinajstić information content (AvgIpc) is 2.69. The van der Waals surface area contributed by atoms with Gasteiger partial charge in [0.05, 0.1) is 13.1 Å². The second-order valence-electron chi connectivity index (χ2n) is 7.19. The molecule has 1 aliphatic rings. The first kappa shape index (κ1) is 20.9. The van der Waals surface area contributed by atoms with Crippen LogP contribution in [-0.4, -0.2) is 39.5 Å². The van der Waals surface area contributed by atoms with Crippen molar-refractivity contribution >= 4 is 11.6 Å². The summed E-state index contributed by atoms with van der Waals surface area (Å²) in [6.45, 7) is 3.06. The van der Waals surface area contributed by atoms with Gasteiger partial charge in [0.2, 0.25) is 0 Å². The molecule has 2 heterocycles. The molecule has 7 nitrogen and oxygen atoms in total. The van der Waals surface area contributed by atoms with E-state index in [9.17, 15) is 23.2 Å². The van der Waals surface area contributed by atoms with Crippen molar-refractivity contribution < 1.29 is 13.6 Å². The zero-order chi connectivity index (χ0) is 21.1. The molecule has 0 atom stereocenters. The Morgan fingerprint density at radius 3 is 2.38 bits per heavy atom. The molecule has 1 saturated heterocycles. The second-order valence-corrected chi connectivity index (χ2v) is 7.19. The van der Waals surface area contributed by atoms with Gasteiger partial charge in [0.15, 0.2) is 17.4 Å². The summed E-state index contributed by atoms with van der Waals surface area (Å²) >= 11 is 0. The van der Waals surface area contributed by atoms with Crippen molar-refractivity contribution in [3.8, 4) is 0 Å². The quantitative estimate of drug-likeness (QED) is 0.736. The Kier molecular flexibility index (Phi) is 6.26. The van der Waals surface area contributed by atoms with E-state index in [0.29, 0.717) is 0 Å². The molecule has 1 fully saturated rings. The summed E-state index contributed by atoms with van der Waals surface area (Å²) in [6.07, 6.45) is 3.07. The number of nitrogen functional groups attached to an aromatic ring is 1. The molecule has 2 aromatic rings. The lowest BCUT2D eigenvalue weighted by Gasteiger charge is -2.26. The minimum atomic E-state index is -1.06. The third-order valence-corrected chi connectivity index (χ3v) is 5.20. The maximum absolute atomic E-state index is 13.6. The highest BCUT2D eigenvalue weighted by molar-refractivity contribution is 6.01. The molecule has 0 amide bonds. The van der Waals surface area contributed by atoms with Gasteiger partial charge in [0.25, 0.3) is 5.56 Å². The highest BCUT2D eigenvalue weighted by Gasteiger charge is 2.24. The molecule has 0 aliphatic carbocycles. The van der Waals surface area contributed by atoms with Crippen LogP contribution in [0.4, 0.5) is 14.6 Å². The van der Waals surface area contributed by atoms with Gasteiger partial charge in [-0.25, -0.2) is 13.6 Å². The summed E-state index contributed by atoms with van der Waals surface area (Å²) in [4.78, 5) is 40.3. The van der Waals surface area contributed by atoms with Gasteiger partial charge in [0, 0.05) is 6.54 Å². The van der Waals surface area contributed by atoms with Crippen LogP contribution in [0, 0.1) is 11.6 Å². The molecule has 9 heteroatoms. The molecular formula is C20H24F2N4O3. The Balaban J connectivity index is 2.03. The van der Waals surface area contributed by atoms with E-state index < -0.39 is 28.7 Å². The Morgan fingerprint density at radius 1 is 1.07 bits per heavy atom. The highest BCUT2D eigenvalue weighted by Crippen LogP contribution is 2.14. The van der Waals surface area contributed by atoms with Gasteiger partial charge in [-0.2, -0.15) is 0 Å². The molecule has 29 heavy (non-hydrogen) atoms. The van der Waals surface area contributed by atoms with Crippen molar-refractivity contribution in [1.29, 1.82) is 0 Å². The number of hydrogen-bond donors (Lipinski definition) is 1. The van der Waals surface area contributed by atoms with Gasteiger partial charge in [-0.15, -0.1) is 0 Å².